The summed E-state index contributed by atoms with van der Waals surface area (Å²) in [5, 5.41) is 16.1. The van der Waals surface area contributed by atoms with Gasteiger partial charge in [-0.2, -0.15) is 4.98 Å². The fourth-order valence-electron chi connectivity index (χ4n) is 2.23. The number of carbonyl (C=O) groups excluding carboxylic acids is 1. The Kier molecular flexibility index (Phi) is 7.55. The Bertz CT molecular complexity index is 732. The highest BCUT2D eigenvalue weighted by molar-refractivity contribution is 6.30. The summed E-state index contributed by atoms with van der Waals surface area (Å²) >= 11 is 5.84. The minimum atomic E-state index is -1.08. The van der Waals surface area contributed by atoms with Crippen LogP contribution >= 0.6 is 11.6 Å². The van der Waals surface area contributed by atoms with Gasteiger partial charge in [-0.05, 0) is 30.7 Å². The van der Waals surface area contributed by atoms with Crippen LogP contribution in [-0.2, 0) is 20.7 Å². The number of benzene rings is 1. The average molecular weight is 382 g/mol. The summed E-state index contributed by atoms with van der Waals surface area (Å²) in [6.07, 6.45) is 1.26. The smallest absolute Gasteiger partial charge is 0.326 e. The first-order valence-electron chi connectivity index (χ1n) is 8.09. The van der Waals surface area contributed by atoms with Gasteiger partial charge in [0.2, 0.25) is 17.6 Å². The molecule has 1 atom stereocenters. The number of halogens is 1. The van der Waals surface area contributed by atoms with E-state index in [1.54, 1.807) is 24.3 Å². The second-order valence-electron chi connectivity index (χ2n) is 5.61. The van der Waals surface area contributed by atoms with E-state index in [1.807, 2.05) is 0 Å². The lowest BCUT2D eigenvalue weighted by atomic mass is 10.2. The van der Waals surface area contributed by atoms with Crippen LogP contribution < -0.4 is 5.32 Å². The Balaban J connectivity index is 1.79. The van der Waals surface area contributed by atoms with Gasteiger partial charge < -0.3 is 19.7 Å². The minimum Gasteiger partial charge on any atom is -0.480 e. The third-order valence-electron chi connectivity index (χ3n) is 3.61. The number of hydrogen-bond acceptors (Lipinski definition) is 6. The molecule has 26 heavy (non-hydrogen) atoms. The van der Waals surface area contributed by atoms with Gasteiger partial charge in [0.1, 0.15) is 6.04 Å². The van der Waals surface area contributed by atoms with Gasteiger partial charge in [-0.3, -0.25) is 4.79 Å². The molecule has 1 heterocycles. The third kappa shape index (κ3) is 6.12. The van der Waals surface area contributed by atoms with E-state index in [0.717, 1.165) is 5.56 Å². The van der Waals surface area contributed by atoms with E-state index in [-0.39, 0.29) is 25.4 Å². The van der Waals surface area contributed by atoms with Crippen molar-refractivity contribution in [3.8, 4) is 11.4 Å². The van der Waals surface area contributed by atoms with Crippen molar-refractivity contribution >= 4 is 23.5 Å². The van der Waals surface area contributed by atoms with E-state index in [0.29, 0.717) is 29.6 Å². The van der Waals surface area contributed by atoms with Gasteiger partial charge in [-0.15, -0.1) is 0 Å². The van der Waals surface area contributed by atoms with Crippen LogP contribution in [0.25, 0.3) is 11.4 Å². The molecule has 0 fully saturated rings. The summed E-state index contributed by atoms with van der Waals surface area (Å²) in [6.45, 7) is 0.257. The van der Waals surface area contributed by atoms with Crippen molar-refractivity contribution in [1.82, 2.24) is 15.5 Å². The number of aryl methyl sites for hydroxylation is 1. The number of carbonyl (C=O) groups is 2. The zero-order valence-corrected chi connectivity index (χ0v) is 15.0. The molecule has 8 nitrogen and oxygen atoms in total. The fraction of sp³-hybridized carbons (Fsp3) is 0.412. The van der Waals surface area contributed by atoms with Crippen LogP contribution in [0.1, 0.15) is 25.2 Å². The second kappa shape index (κ2) is 9.88. The molecule has 2 rings (SSSR count). The molecular formula is C17H20ClN3O5. The Labute approximate surface area is 155 Å². The highest BCUT2D eigenvalue weighted by atomic mass is 35.5. The number of aromatic nitrogens is 2. The molecule has 2 aromatic rings. The zero-order valence-electron chi connectivity index (χ0n) is 14.3. The van der Waals surface area contributed by atoms with E-state index < -0.39 is 12.0 Å². The average Bonchev–Trinajstić information content (AvgIpc) is 3.08. The SMILES string of the molecule is COCCC(NC(=O)CCCc1nc(-c2ccc(Cl)cc2)no1)C(=O)O. The van der Waals surface area contributed by atoms with Crippen LogP contribution in [0.5, 0.6) is 0 Å². The van der Waals surface area contributed by atoms with Gasteiger partial charge in [0.05, 0.1) is 0 Å². The standard InChI is InChI=1S/C17H20ClN3O5/c1-25-10-9-13(17(23)24)19-14(22)3-2-4-15-20-16(21-26-15)11-5-7-12(18)8-6-11/h5-8,13H,2-4,9-10H2,1H3,(H,19,22)(H,23,24). The Hall–Kier alpha value is -2.45. The predicted octanol–water partition coefficient (Wildman–Crippen LogP) is 2.32. The number of amides is 1. The van der Waals surface area contributed by atoms with Crippen LogP contribution in [-0.4, -0.2) is 46.9 Å². The number of methoxy groups -OCH3 is 1. The predicted molar refractivity (Wildman–Crippen MR) is 93.7 cm³/mol. The van der Waals surface area contributed by atoms with Gasteiger partial charge in [-0.25, -0.2) is 4.79 Å². The third-order valence-corrected chi connectivity index (χ3v) is 3.86. The van der Waals surface area contributed by atoms with Crippen molar-refractivity contribution in [2.24, 2.45) is 0 Å². The summed E-state index contributed by atoms with van der Waals surface area (Å²) in [7, 11) is 1.48. The number of ether oxygens (including phenoxy) is 1. The Morgan fingerprint density at radius 2 is 2.08 bits per heavy atom. The molecule has 0 saturated carbocycles. The number of nitrogens with one attached hydrogen (secondary N) is 1. The maximum Gasteiger partial charge on any atom is 0.326 e. The summed E-state index contributed by atoms with van der Waals surface area (Å²) in [6, 6.07) is 6.09. The largest absolute Gasteiger partial charge is 0.480 e. The fourth-order valence-corrected chi connectivity index (χ4v) is 2.36. The molecule has 0 aliphatic heterocycles. The van der Waals surface area contributed by atoms with Crippen LogP contribution in [0, 0.1) is 0 Å². The van der Waals surface area contributed by atoms with Crippen molar-refractivity contribution < 1.29 is 24.0 Å². The van der Waals surface area contributed by atoms with Crippen LogP contribution in [0.4, 0.5) is 0 Å². The molecule has 1 aromatic heterocycles. The van der Waals surface area contributed by atoms with Crippen LogP contribution in [0.2, 0.25) is 5.02 Å². The van der Waals surface area contributed by atoms with E-state index in [1.165, 1.54) is 7.11 Å². The first-order valence-corrected chi connectivity index (χ1v) is 8.47. The molecule has 0 aliphatic rings. The van der Waals surface area contributed by atoms with E-state index in [4.69, 9.17) is 26.0 Å². The topological polar surface area (TPSA) is 115 Å². The number of nitrogens with zero attached hydrogens (tertiary/aromatic N) is 2. The quantitative estimate of drug-likeness (QED) is 0.648. The maximum atomic E-state index is 11.9. The number of rotatable bonds is 10. The molecule has 0 radical (unpaired) electrons. The van der Waals surface area contributed by atoms with E-state index >= 15 is 0 Å². The van der Waals surface area contributed by atoms with Crippen LogP contribution in [0.15, 0.2) is 28.8 Å². The molecule has 9 heteroatoms. The van der Waals surface area contributed by atoms with Crippen molar-refractivity contribution in [1.29, 1.82) is 0 Å². The summed E-state index contributed by atoms with van der Waals surface area (Å²) in [4.78, 5) is 27.2. The monoisotopic (exact) mass is 381 g/mol. The van der Waals surface area contributed by atoms with Crippen molar-refractivity contribution in [2.75, 3.05) is 13.7 Å². The Morgan fingerprint density at radius 1 is 1.35 bits per heavy atom. The van der Waals surface area contributed by atoms with Gasteiger partial charge in [0.15, 0.2) is 0 Å². The van der Waals surface area contributed by atoms with Crippen molar-refractivity contribution in [2.45, 2.75) is 31.7 Å². The van der Waals surface area contributed by atoms with Gasteiger partial charge >= 0.3 is 5.97 Å². The molecule has 1 aromatic carbocycles. The summed E-state index contributed by atoms with van der Waals surface area (Å²) < 4.78 is 10.0. The minimum absolute atomic E-state index is 0.162. The normalized spacial score (nSPS) is 11.9. The molecule has 0 spiro atoms. The highest BCUT2D eigenvalue weighted by Crippen LogP contribution is 2.19. The molecule has 1 amide bonds. The van der Waals surface area contributed by atoms with Crippen LogP contribution in [0.3, 0.4) is 0 Å². The lowest BCUT2D eigenvalue weighted by molar-refractivity contribution is -0.142. The first kappa shape index (κ1) is 19.9. The lowest BCUT2D eigenvalue weighted by Gasteiger charge is -2.13. The lowest BCUT2D eigenvalue weighted by Crippen LogP contribution is -2.41. The number of carboxylic acids is 1. The summed E-state index contributed by atoms with van der Waals surface area (Å²) in [5.74, 6) is -0.561. The molecule has 2 N–H and O–H groups in total. The maximum absolute atomic E-state index is 11.9. The van der Waals surface area contributed by atoms with E-state index in [9.17, 15) is 9.59 Å². The second-order valence-corrected chi connectivity index (χ2v) is 6.05. The van der Waals surface area contributed by atoms with Crippen molar-refractivity contribution in [3.63, 3.8) is 0 Å². The number of carboxylic acid groups (broad SMARTS) is 1. The molecular weight excluding hydrogens is 362 g/mol. The zero-order chi connectivity index (χ0) is 18.9. The summed E-state index contributed by atoms with van der Waals surface area (Å²) in [5.41, 5.74) is 0.782. The number of hydrogen-bond donors (Lipinski definition) is 2. The molecule has 1 unspecified atom stereocenters. The first-order chi connectivity index (χ1) is 12.5. The van der Waals surface area contributed by atoms with Gasteiger partial charge in [0, 0.05) is 43.6 Å². The Morgan fingerprint density at radius 3 is 2.73 bits per heavy atom. The molecule has 140 valence electrons. The van der Waals surface area contributed by atoms with Gasteiger partial charge in [-0.1, -0.05) is 16.8 Å². The molecule has 0 bridgehead atoms. The van der Waals surface area contributed by atoms with Crippen molar-refractivity contribution in [3.05, 3.63) is 35.2 Å². The highest BCUT2D eigenvalue weighted by Gasteiger charge is 2.19. The molecule has 0 aliphatic carbocycles. The van der Waals surface area contributed by atoms with Gasteiger partial charge in [0.25, 0.3) is 0 Å². The molecule has 0 saturated heterocycles. The number of aliphatic carboxylic acids is 1. The van der Waals surface area contributed by atoms with E-state index in [2.05, 4.69) is 15.5 Å².